The Morgan fingerprint density at radius 2 is 2.08 bits per heavy atom. The summed E-state index contributed by atoms with van der Waals surface area (Å²) >= 11 is 1.39. The fourth-order valence-corrected chi connectivity index (χ4v) is 3.95. The number of anilines is 1. The van der Waals surface area contributed by atoms with E-state index in [2.05, 4.69) is 10.3 Å². The number of benzene rings is 1. The van der Waals surface area contributed by atoms with Crippen LogP contribution < -0.4 is 5.32 Å². The van der Waals surface area contributed by atoms with Gasteiger partial charge in [0.25, 0.3) is 0 Å². The number of nitrogens with one attached hydrogen (secondary N) is 1. The summed E-state index contributed by atoms with van der Waals surface area (Å²) < 4.78 is 30.8. The Balaban J connectivity index is 1.69. The van der Waals surface area contributed by atoms with Gasteiger partial charge in [0.2, 0.25) is 15.9 Å². The highest BCUT2D eigenvalue weighted by Crippen LogP contribution is 2.24. The summed E-state index contributed by atoms with van der Waals surface area (Å²) in [6, 6.07) is 9.73. The molecule has 136 valence electrons. The summed E-state index contributed by atoms with van der Waals surface area (Å²) in [5, 5.41) is 5.21. The van der Waals surface area contributed by atoms with Crippen molar-refractivity contribution in [1.82, 2.24) is 9.29 Å². The van der Waals surface area contributed by atoms with Crippen LogP contribution in [-0.2, 0) is 21.2 Å². The van der Waals surface area contributed by atoms with Crippen molar-refractivity contribution in [3.63, 3.8) is 0 Å². The topological polar surface area (TPSA) is 92.5 Å². The van der Waals surface area contributed by atoms with Crippen LogP contribution in [0.1, 0.15) is 5.69 Å². The van der Waals surface area contributed by atoms with Crippen molar-refractivity contribution >= 4 is 33.0 Å². The third-order valence-electron chi connectivity index (χ3n) is 3.52. The molecule has 0 bridgehead atoms. The van der Waals surface area contributed by atoms with E-state index in [0.29, 0.717) is 22.1 Å². The van der Waals surface area contributed by atoms with Crippen LogP contribution in [0.5, 0.6) is 0 Å². The van der Waals surface area contributed by atoms with Crippen LogP contribution in [0.25, 0.3) is 10.8 Å². The molecule has 26 heavy (non-hydrogen) atoms. The van der Waals surface area contributed by atoms with E-state index in [0.717, 1.165) is 4.31 Å². The van der Waals surface area contributed by atoms with Gasteiger partial charge in [0.1, 0.15) is 0 Å². The van der Waals surface area contributed by atoms with Gasteiger partial charge in [-0.2, -0.15) is 0 Å². The summed E-state index contributed by atoms with van der Waals surface area (Å²) in [6.07, 6.45) is 1.65. The number of carbonyl (C=O) groups excluding carboxylic acids is 1. The number of aromatic nitrogens is 1. The first-order chi connectivity index (χ1) is 12.4. The van der Waals surface area contributed by atoms with Gasteiger partial charge in [-0.05, 0) is 30.3 Å². The predicted octanol–water partition coefficient (Wildman–Crippen LogP) is 2.83. The number of hydrogen-bond donors (Lipinski definition) is 1. The lowest BCUT2D eigenvalue weighted by Crippen LogP contribution is -2.22. The highest BCUT2D eigenvalue weighted by Gasteiger charge is 2.18. The predicted molar refractivity (Wildman–Crippen MR) is 99.5 cm³/mol. The van der Waals surface area contributed by atoms with E-state index in [-0.39, 0.29) is 17.2 Å². The Hall–Kier alpha value is -2.49. The first kappa shape index (κ1) is 18.3. The molecule has 0 aliphatic heterocycles. The number of sulfonamides is 1. The lowest BCUT2D eigenvalue weighted by Gasteiger charge is -2.12. The van der Waals surface area contributed by atoms with Crippen molar-refractivity contribution in [2.45, 2.75) is 11.3 Å². The first-order valence-corrected chi connectivity index (χ1v) is 9.99. The summed E-state index contributed by atoms with van der Waals surface area (Å²) in [5.41, 5.74) is 1.04. The molecule has 0 spiro atoms. The Bertz CT molecular complexity index is 1010. The van der Waals surface area contributed by atoms with Crippen molar-refractivity contribution in [3.05, 3.63) is 53.7 Å². The van der Waals surface area contributed by atoms with Crippen LogP contribution in [0.4, 0.5) is 5.69 Å². The summed E-state index contributed by atoms with van der Waals surface area (Å²) in [7, 11) is -0.639. The second kappa shape index (κ2) is 7.40. The second-order valence-corrected chi connectivity index (χ2v) is 8.67. The molecule has 0 aliphatic rings. The van der Waals surface area contributed by atoms with Crippen LogP contribution in [0.2, 0.25) is 0 Å². The minimum Gasteiger partial charge on any atom is -0.462 e. The van der Waals surface area contributed by atoms with E-state index in [1.54, 1.807) is 35.9 Å². The minimum absolute atomic E-state index is 0.0852. The molecule has 7 nitrogen and oxygen atoms in total. The van der Waals surface area contributed by atoms with Gasteiger partial charge in [-0.1, -0.05) is 6.07 Å². The number of furan rings is 1. The van der Waals surface area contributed by atoms with E-state index in [9.17, 15) is 13.2 Å². The highest BCUT2D eigenvalue weighted by atomic mass is 32.2. The molecule has 3 rings (SSSR count). The van der Waals surface area contributed by atoms with E-state index in [4.69, 9.17) is 4.42 Å². The number of thiazole rings is 1. The minimum atomic E-state index is -3.55. The fraction of sp³-hybridized carbons (Fsp3) is 0.176. The lowest BCUT2D eigenvalue weighted by molar-refractivity contribution is -0.115. The number of amides is 1. The van der Waals surface area contributed by atoms with Crippen LogP contribution in [-0.4, -0.2) is 37.7 Å². The molecule has 0 saturated carbocycles. The SMILES string of the molecule is CN(C)S(=O)(=O)c1cccc(NC(=O)Cc2csc(-c3ccco3)n2)c1. The Kier molecular flexibility index (Phi) is 5.21. The molecule has 0 unspecified atom stereocenters. The quantitative estimate of drug-likeness (QED) is 0.697. The maximum atomic E-state index is 12.2. The third kappa shape index (κ3) is 4.01. The molecular weight excluding hydrogens is 374 g/mol. The maximum Gasteiger partial charge on any atom is 0.242 e. The molecule has 0 aliphatic carbocycles. The molecule has 9 heteroatoms. The van der Waals surface area contributed by atoms with Crippen molar-refractivity contribution in [1.29, 1.82) is 0 Å². The summed E-state index contributed by atoms with van der Waals surface area (Å²) in [5.74, 6) is 0.379. The molecule has 0 atom stereocenters. The van der Waals surface area contributed by atoms with E-state index < -0.39 is 10.0 Å². The molecule has 0 saturated heterocycles. The summed E-state index contributed by atoms with van der Waals surface area (Å²) in [4.78, 5) is 16.7. The van der Waals surface area contributed by atoms with Crippen molar-refractivity contribution in [3.8, 4) is 10.8 Å². The van der Waals surface area contributed by atoms with Crippen LogP contribution in [0.15, 0.2) is 57.4 Å². The van der Waals surface area contributed by atoms with Gasteiger partial charge in [-0.25, -0.2) is 17.7 Å². The molecule has 0 fully saturated rings. The maximum absolute atomic E-state index is 12.2. The Morgan fingerprint density at radius 1 is 1.27 bits per heavy atom. The van der Waals surface area contributed by atoms with E-state index >= 15 is 0 Å². The number of nitrogens with zero attached hydrogens (tertiary/aromatic N) is 2. The van der Waals surface area contributed by atoms with Crippen molar-refractivity contribution in [2.75, 3.05) is 19.4 Å². The van der Waals surface area contributed by atoms with E-state index in [1.807, 2.05) is 0 Å². The van der Waals surface area contributed by atoms with Gasteiger partial charge in [0.05, 0.1) is 23.3 Å². The smallest absolute Gasteiger partial charge is 0.242 e. The van der Waals surface area contributed by atoms with Gasteiger partial charge >= 0.3 is 0 Å². The van der Waals surface area contributed by atoms with Crippen LogP contribution in [0, 0.1) is 0 Å². The van der Waals surface area contributed by atoms with Crippen molar-refractivity contribution < 1.29 is 17.6 Å². The zero-order valence-electron chi connectivity index (χ0n) is 14.2. The van der Waals surface area contributed by atoms with Gasteiger partial charge < -0.3 is 9.73 Å². The normalized spacial score (nSPS) is 11.7. The fourth-order valence-electron chi connectivity index (χ4n) is 2.22. The standard InChI is InChI=1S/C17H17N3O4S2/c1-20(2)26(22,23)14-6-3-5-12(9-14)18-16(21)10-13-11-25-17(19-13)15-7-4-8-24-15/h3-9,11H,10H2,1-2H3,(H,18,21). The Morgan fingerprint density at radius 3 is 2.77 bits per heavy atom. The number of carbonyl (C=O) groups is 1. The number of hydrogen-bond acceptors (Lipinski definition) is 6. The van der Waals surface area contributed by atoms with Crippen molar-refractivity contribution in [2.24, 2.45) is 0 Å². The van der Waals surface area contributed by atoms with Gasteiger partial charge in [-0.3, -0.25) is 4.79 Å². The molecule has 1 amide bonds. The van der Waals surface area contributed by atoms with Crippen LogP contribution in [0.3, 0.4) is 0 Å². The second-order valence-electron chi connectivity index (χ2n) is 5.66. The highest BCUT2D eigenvalue weighted by molar-refractivity contribution is 7.89. The monoisotopic (exact) mass is 391 g/mol. The Labute approximate surface area is 155 Å². The molecule has 1 aromatic carbocycles. The molecule has 3 aromatic rings. The average molecular weight is 391 g/mol. The largest absolute Gasteiger partial charge is 0.462 e. The van der Waals surface area contributed by atoms with E-state index in [1.165, 1.54) is 37.6 Å². The van der Waals surface area contributed by atoms with Gasteiger partial charge in [-0.15, -0.1) is 11.3 Å². The molecular formula is C17H17N3O4S2. The first-order valence-electron chi connectivity index (χ1n) is 7.67. The van der Waals surface area contributed by atoms with Crippen LogP contribution >= 0.6 is 11.3 Å². The third-order valence-corrected chi connectivity index (χ3v) is 6.24. The molecule has 0 radical (unpaired) electrons. The van der Waals surface area contributed by atoms with Gasteiger partial charge in [0.15, 0.2) is 10.8 Å². The lowest BCUT2D eigenvalue weighted by atomic mass is 10.3. The molecule has 1 N–H and O–H groups in total. The molecule has 2 heterocycles. The summed E-state index contributed by atoms with van der Waals surface area (Å²) in [6.45, 7) is 0. The average Bonchev–Trinajstić information content (AvgIpc) is 3.26. The molecule has 2 aromatic heterocycles. The zero-order valence-corrected chi connectivity index (χ0v) is 15.8. The zero-order chi connectivity index (χ0) is 18.7. The number of rotatable bonds is 6. The van der Waals surface area contributed by atoms with Gasteiger partial charge in [0, 0.05) is 25.2 Å².